The number of rotatable bonds is 6. The van der Waals surface area contributed by atoms with E-state index in [0.717, 1.165) is 13.2 Å². The van der Waals surface area contributed by atoms with Gasteiger partial charge in [0, 0.05) is 12.0 Å². The van der Waals surface area contributed by atoms with Gasteiger partial charge in [0.15, 0.2) is 11.6 Å². The number of halogens is 2. The smallest absolute Gasteiger partial charge is 0.326 e. The molecule has 0 aliphatic carbocycles. The van der Waals surface area contributed by atoms with Crippen LogP contribution >= 0.6 is 0 Å². The molecule has 0 bridgehead atoms. The summed E-state index contributed by atoms with van der Waals surface area (Å²) in [6, 6.07) is 6.31. The van der Waals surface area contributed by atoms with Gasteiger partial charge in [-0.3, -0.25) is 4.79 Å². The molecule has 0 aliphatic rings. The van der Waals surface area contributed by atoms with Crippen molar-refractivity contribution in [3.8, 4) is 11.5 Å². The van der Waals surface area contributed by atoms with E-state index in [-0.39, 0.29) is 17.7 Å². The number of hydrogen-bond acceptors (Lipinski definition) is 4. The Hall–Kier alpha value is -3.16. The Morgan fingerprint density at radius 2 is 1.92 bits per heavy atom. The molecular weight excluding hydrogens is 336 g/mol. The second-order valence-electron chi connectivity index (χ2n) is 5.17. The van der Waals surface area contributed by atoms with Gasteiger partial charge in [-0.15, -0.1) is 0 Å². The SMILES string of the molecule is COc1cc(C(=O)NC(Cc2ccccc2O)C(=O)O)cc(F)c1F. The van der Waals surface area contributed by atoms with E-state index < -0.39 is 35.3 Å². The van der Waals surface area contributed by atoms with Gasteiger partial charge in [0.25, 0.3) is 5.91 Å². The lowest BCUT2D eigenvalue weighted by Crippen LogP contribution is -2.42. The molecule has 8 heteroatoms. The standard InChI is InChI=1S/C17H15F2NO5/c1-25-14-8-10(6-11(18)15(14)19)16(22)20-12(17(23)24)7-9-4-2-3-5-13(9)21/h2-6,8,12,21H,7H2,1H3,(H,20,22)(H,23,24). The Kier molecular flexibility index (Phi) is 5.53. The molecule has 0 saturated heterocycles. The molecule has 1 amide bonds. The van der Waals surface area contributed by atoms with Crippen LogP contribution in [0, 0.1) is 11.6 Å². The number of carbonyl (C=O) groups excluding carboxylic acids is 1. The summed E-state index contributed by atoms with van der Waals surface area (Å²) in [5.74, 6) is -5.39. The first kappa shape index (κ1) is 18.2. The van der Waals surface area contributed by atoms with Gasteiger partial charge >= 0.3 is 5.97 Å². The van der Waals surface area contributed by atoms with E-state index in [4.69, 9.17) is 0 Å². The number of para-hydroxylation sites is 1. The van der Waals surface area contributed by atoms with Crippen molar-refractivity contribution < 1.29 is 33.3 Å². The Labute approximate surface area is 141 Å². The Balaban J connectivity index is 2.22. The van der Waals surface area contributed by atoms with Gasteiger partial charge in [0.05, 0.1) is 7.11 Å². The normalized spacial score (nSPS) is 11.6. The molecule has 2 aromatic rings. The number of carboxylic acids is 1. The number of nitrogens with one attached hydrogen (secondary N) is 1. The quantitative estimate of drug-likeness (QED) is 0.741. The Bertz CT molecular complexity index is 810. The number of benzene rings is 2. The van der Waals surface area contributed by atoms with Gasteiger partial charge in [-0.05, 0) is 23.8 Å². The van der Waals surface area contributed by atoms with Crippen LogP contribution in [0.5, 0.6) is 11.5 Å². The van der Waals surface area contributed by atoms with Crippen molar-refractivity contribution in [3.63, 3.8) is 0 Å². The van der Waals surface area contributed by atoms with Crippen LogP contribution in [0.2, 0.25) is 0 Å². The molecule has 25 heavy (non-hydrogen) atoms. The summed E-state index contributed by atoms with van der Waals surface area (Å²) in [4.78, 5) is 23.6. The van der Waals surface area contributed by atoms with Crippen LogP contribution in [0.1, 0.15) is 15.9 Å². The van der Waals surface area contributed by atoms with Crippen molar-refractivity contribution in [2.24, 2.45) is 0 Å². The lowest BCUT2D eigenvalue weighted by molar-refractivity contribution is -0.139. The zero-order valence-electron chi connectivity index (χ0n) is 13.1. The summed E-state index contributed by atoms with van der Waals surface area (Å²) in [7, 11) is 1.11. The van der Waals surface area contributed by atoms with Gasteiger partial charge in [0.1, 0.15) is 11.8 Å². The molecular formula is C17H15F2NO5. The summed E-state index contributed by atoms with van der Waals surface area (Å²) >= 11 is 0. The summed E-state index contributed by atoms with van der Waals surface area (Å²) in [6.45, 7) is 0. The van der Waals surface area contributed by atoms with E-state index in [1.54, 1.807) is 12.1 Å². The molecule has 2 rings (SSSR count). The lowest BCUT2D eigenvalue weighted by atomic mass is 10.0. The van der Waals surface area contributed by atoms with Gasteiger partial charge in [-0.25, -0.2) is 9.18 Å². The van der Waals surface area contributed by atoms with E-state index in [1.807, 2.05) is 0 Å². The van der Waals surface area contributed by atoms with Crippen molar-refractivity contribution in [3.05, 3.63) is 59.2 Å². The number of carbonyl (C=O) groups is 2. The van der Waals surface area contributed by atoms with Gasteiger partial charge in [0.2, 0.25) is 5.82 Å². The van der Waals surface area contributed by atoms with Gasteiger partial charge in [-0.2, -0.15) is 4.39 Å². The number of methoxy groups -OCH3 is 1. The first-order chi connectivity index (χ1) is 11.8. The second kappa shape index (κ2) is 7.61. The molecule has 1 atom stereocenters. The molecule has 0 aromatic heterocycles. The topological polar surface area (TPSA) is 95.9 Å². The van der Waals surface area contributed by atoms with Crippen LogP contribution < -0.4 is 10.1 Å². The highest BCUT2D eigenvalue weighted by atomic mass is 19.2. The minimum atomic E-state index is -1.38. The fourth-order valence-electron chi connectivity index (χ4n) is 2.19. The van der Waals surface area contributed by atoms with Crippen molar-refractivity contribution in [2.75, 3.05) is 7.11 Å². The van der Waals surface area contributed by atoms with Crippen LogP contribution in [0.25, 0.3) is 0 Å². The average Bonchev–Trinajstić information content (AvgIpc) is 2.58. The first-order valence-corrected chi connectivity index (χ1v) is 7.17. The maximum Gasteiger partial charge on any atom is 0.326 e. The fraction of sp³-hybridized carbons (Fsp3) is 0.176. The molecule has 132 valence electrons. The third kappa shape index (κ3) is 4.23. The predicted molar refractivity (Wildman–Crippen MR) is 83.6 cm³/mol. The Morgan fingerprint density at radius 1 is 1.24 bits per heavy atom. The number of ether oxygens (including phenoxy) is 1. The minimum absolute atomic E-state index is 0.113. The van der Waals surface area contributed by atoms with E-state index in [9.17, 15) is 28.6 Å². The molecule has 0 saturated carbocycles. The highest BCUT2D eigenvalue weighted by Crippen LogP contribution is 2.22. The van der Waals surface area contributed by atoms with Crippen LogP contribution in [-0.2, 0) is 11.2 Å². The molecule has 0 radical (unpaired) electrons. The number of amides is 1. The fourth-order valence-corrected chi connectivity index (χ4v) is 2.19. The summed E-state index contributed by atoms with van der Waals surface area (Å²) < 4.78 is 31.5. The molecule has 6 nitrogen and oxygen atoms in total. The maximum absolute atomic E-state index is 13.5. The predicted octanol–water partition coefficient (Wildman–Crippen LogP) is 2.10. The largest absolute Gasteiger partial charge is 0.508 e. The third-order valence-electron chi connectivity index (χ3n) is 3.50. The van der Waals surface area contributed by atoms with Crippen molar-refractivity contribution in [2.45, 2.75) is 12.5 Å². The van der Waals surface area contributed by atoms with Crippen LogP contribution in [0.3, 0.4) is 0 Å². The summed E-state index contributed by atoms with van der Waals surface area (Å²) in [6.07, 6.45) is -0.186. The van der Waals surface area contributed by atoms with Crippen molar-refractivity contribution in [1.29, 1.82) is 0 Å². The minimum Gasteiger partial charge on any atom is -0.508 e. The van der Waals surface area contributed by atoms with E-state index in [0.29, 0.717) is 11.6 Å². The average molecular weight is 351 g/mol. The Morgan fingerprint density at radius 3 is 2.52 bits per heavy atom. The van der Waals surface area contributed by atoms with E-state index >= 15 is 0 Å². The number of phenols is 1. The highest BCUT2D eigenvalue weighted by Gasteiger charge is 2.24. The highest BCUT2D eigenvalue weighted by molar-refractivity contribution is 5.97. The molecule has 2 aromatic carbocycles. The van der Waals surface area contributed by atoms with Gasteiger partial charge < -0.3 is 20.3 Å². The van der Waals surface area contributed by atoms with Crippen LogP contribution in [-0.4, -0.2) is 35.2 Å². The number of carboxylic acid groups (broad SMARTS) is 1. The number of phenolic OH excluding ortho intramolecular Hbond substituents is 1. The van der Waals surface area contributed by atoms with Crippen LogP contribution in [0.15, 0.2) is 36.4 Å². The monoisotopic (exact) mass is 351 g/mol. The molecule has 0 heterocycles. The molecule has 3 N–H and O–H groups in total. The van der Waals surface area contributed by atoms with Crippen molar-refractivity contribution >= 4 is 11.9 Å². The zero-order valence-corrected chi connectivity index (χ0v) is 13.1. The molecule has 0 fully saturated rings. The third-order valence-corrected chi connectivity index (χ3v) is 3.50. The number of hydrogen-bond donors (Lipinski definition) is 3. The zero-order chi connectivity index (χ0) is 18.6. The molecule has 0 spiro atoms. The molecule has 1 unspecified atom stereocenters. The lowest BCUT2D eigenvalue weighted by Gasteiger charge is -2.16. The van der Waals surface area contributed by atoms with E-state index in [2.05, 4.69) is 10.1 Å². The number of aromatic hydroxyl groups is 1. The summed E-state index contributed by atoms with van der Waals surface area (Å²) in [5.41, 5.74) is 0.0253. The van der Waals surface area contributed by atoms with Crippen molar-refractivity contribution in [1.82, 2.24) is 5.32 Å². The summed E-state index contributed by atoms with van der Waals surface area (Å²) in [5, 5.41) is 21.2. The first-order valence-electron chi connectivity index (χ1n) is 7.17. The molecule has 0 aliphatic heterocycles. The number of aliphatic carboxylic acids is 1. The maximum atomic E-state index is 13.5. The second-order valence-corrected chi connectivity index (χ2v) is 5.17. The van der Waals surface area contributed by atoms with Gasteiger partial charge in [-0.1, -0.05) is 18.2 Å². The van der Waals surface area contributed by atoms with E-state index in [1.165, 1.54) is 12.1 Å². The van der Waals surface area contributed by atoms with Crippen LogP contribution in [0.4, 0.5) is 8.78 Å².